The Labute approximate surface area is 133 Å². The maximum atomic E-state index is 12.7. The van der Waals surface area contributed by atoms with Crippen molar-refractivity contribution in [3.63, 3.8) is 0 Å². The predicted molar refractivity (Wildman–Crippen MR) is 82.5 cm³/mol. The molecule has 7 heteroatoms. The number of rotatable bonds is 3. The Hall–Kier alpha value is -0.140. The molecule has 20 heavy (non-hydrogen) atoms. The highest BCUT2D eigenvalue weighted by atomic mass is 79.9. The van der Waals surface area contributed by atoms with E-state index in [1.165, 1.54) is 4.31 Å². The number of morpholine rings is 1. The highest BCUT2D eigenvalue weighted by Crippen LogP contribution is 2.28. The van der Waals surface area contributed by atoms with Crippen LogP contribution in [-0.4, -0.2) is 38.0 Å². The van der Waals surface area contributed by atoms with Gasteiger partial charge in [-0.05, 0) is 47.5 Å². The lowest BCUT2D eigenvalue weighted by Gasteiger charge is -2.34. The number of hydrogen-bond donors (Lipinski definition) is 0. The number of hydrogen-bond acceptors (Lipinski definition) is 3. The Morgan fingerprint density at radius 2 is 1.95 bits per heavy atom. The van der Waals surface area contributed by atoms with E-state index in [1.807, 2.05) is 13.8 Å². The summed E-state index contributed by atoms with van der Waals surface area (Å²) >= 11 is 9.08. The minimum absolute atomic E-state index is 0.102. The van der Waals surface area contributed by atoms with Gasteiger partial charge in [0.05, 0.1) is 17.1 Å². The molecule has 1 aliphatic rings. The molecule has 1 heterocycles. The van der Waals surface area contributed by atoms with Crippen LogP contribution in [0.15, 0.2) is 27.6 Å². The van der Waals surface area contributed by atoms with Gasteiger partial charge in [-0.3, -0.25) is 0 Å². The van der Waals surface area contributed by atoms with Gasteiger partial charge >= 0.3 is 0 Å². The van der Waals surface area contributed by atoms with E-state index < -0.39 is 10.0 Å². The predicted octanol–water partition coefficient (Wildman–Crippen LogP) is 2.99. The summed E-state index contributed by atoms with van der Waals surface area (Å²) in [6.45, 7) is 4.50. The first-order chi connectivity index (χ1) is 9.34. The van der Waals surface area contributed by atoms with Crippen molar-refractivity contribution in [2.45, 2.75) is 36.8 Å². The fraction of sp³-hybridized carbons (Fsp3) is 0.538. The molecular weight excluding hydrogens is 366 g/mol. The van der Waals surface area contributed by atoms with Gasteiger partial charge in [0.15, 0.2) is 0 Å². The van der Waals surface area contributed by atoms with E-state index in [0.29, 0.717) is 23.4 Å². The van der Waals surface area contributed by atoms with E-state index in [1.54, 1.807) is 18.2 Å². The van der Waals surface area contributed by atoms with Gasteiger partial charge in [-0.1, -0.05) is 6.07 Å². The van der Waals surface area contributed by atoms with Gasteiger partial charge in [-0.2, -0.15) is 4.31 Å². The molecule has 1 aliphatic heterocycles. The van der Waals surface area contributed by atoms with Crippen molar-refractivity contribution in [2.75, 3.05) is 13.1 Å². The SMILES string of the molecule is C[C@@H]1CN(S(=O)(=O)c2ccc(CCl)cc2Br)C[C@H](C)O1. The third kappa shape index (κ3) is 3.36. The number of sulfonamides is 1. The molecule has 2 rings (SSSR count). The molecule has 1 aromatic rings. The molecule has 112 valence electrons. The maximum Gasteiger partial charge on any atom is 0.244 e. The van der Waals surface area contributed by atoms with Crippen molar-refractivity contribution in [2.24, 2.45) is 0 Å². The molecule has 0 aliphatic carbocycles. The highest BCUT2D eigenvalue weighted by molar-refractivity contribution is 9.10. The zero-order valence-electron chi connectivity index (χ0n) is 11.3. The quantitative estimate of drug-likeness (QED) is 0.755. The van der Waals surface area contributed by atoms with Crippen molar-refractivity contribution in [1.29, 1.82) is 0 Å². The van der Waals surface area contributed by atoms with Crippen LogP contribution in [0.2, 0.25) is 0 Å². The van der Waals surface area contributed by atoms with Gasteiger partial charge in [0.1, 0.15) is 0 Å². The molecule has 1 saturated heterocycles. The zero-order chi connectivity index (χ0) is 14.9. The topological polar surface area (TPSA) is 46.6 Å². The van der Waals surface area contributed by atoms with Crippen molar-refractivity contribution < 1.29 is 13.2 Å². The van der Waals surface area contributed by atoms with Crippen LogP contribution in [0.5, 0.6) is 0 Å². The van der Waals surface area contributed by atoms with Crippen LogP contribution in [0.3, 0.4) is 0 Å². The Morgan fingerprint density at radius 1 is 1.35 bits per heavy atom. The van der Waals surface area contributed by atoms with E-state index in [9.17, 15) is 8.42 Å². The monoisotopic (exact) mass is 381 g/mol. The second-order valence-corrected chi connectivity index (χ2v) is 8.01. The average Bonchev–Trinajstić information content (AvgIpc) is 2.37. The molecule has 1 fully saturated rings. The third-order valence-corrected chi connectivity index (χ3v) is 6.27. The van der Waals surface area contributed by atoms with Crippen molar-refractivity contribution in [3.8, 4) is 0 Å². The highest BCUT2D eigenvalue weighted by Gasteiger charge is 2.33. The van der Waals surface area contributed by atoms with E-state index in [-0.39, 0.29) is 17.1 Å². The lowest BCUT2D eigenvalue weighted by Crippen LogP contribution is -2.48. The van der Waals surface area contributed by atoms with E-state index in [0.717, 1.165) is 5.56 Å². The Balaban J connectivity index is 2.35. The minimum Gasteiger partial charge on any atom is -0.373 e. The number of nitrogens with zero attached hydrogens (tertiary/aromatic N) is 1. The summed E-state index contributed by atoms with van der Waals surface area (Å²) in [5, 5.41) is 0. The molecule has 0 N–H and O–H groups in total. The first-order valence-electron chi connectivity index (χ1n) is 6.34. The average molecular weight is 383 g/mol. The number of alkyl halides is 1. The zero-order valence-corrected chi connectivity index (χ0v) is 14.5. The van der Waals surface area contributed by atoms with Crippen LogP contribution in [0.4, 0.5) is 0 Å². The molecule has 0 spiro atoms. The molecule has 0 aromatic heterocycles. The molecule has 4 nitrogen and oxygen atoms in total. The van der Waals surface area contributed by atoms with Crippen LogP contribution >= 0.6 is 27.5 Å². The molecule has 0 unspecified atom stereocenters. The van der Waals surface area contributed by atoms with E-state index >= 15 is 0 Å². The lowest BCUT2D eigenvalue weighted by molar-refractivity contribution is -0.0440. The molecule has 0 amide bonds. The van der Waals surface area contributed by atoms with Crippen LogP contribution in [0, 0.1) is 0 Å². The van der Waals surface area contributed by atoms with Crippen LogP contribution < -0.4 is 0 Å². The van der Waals surface area contributed by atoms with Crippen molar-refractivity contribution >= 4 is 37.6 Å². The summed E-state index contributed by atoms with van der Waals surface area (Å²) in [5.74, 6) is 0.352. The number of benzene rings is 1. The summed E-state index contributed by atoms with van der Waals surface area (Å²) in [7, 11) is -3.52. The summed E-state index contributed by atoms with van der Waals surface area (Å²) in [6.07, 6.45) is -0.205. The van der Waals surface area contributed by atoms with Gasteiger partial charge < -0.3 is 4.74 Å². The summed E-state index contributed by atoms with van der Waals surface area (Å²) in [4.78, 5) is 0.271. The van der Waals surface area contributed by atoms with Crippen molar-refractivity contribution in [1.82, 2.24) is 4.31 Å². The number of ether oxygens (including phenoxy) is 1. The van der Waals surface area contributed by atoms with Crippen LogP contribution in [0.25, 0.3) is 0 Å². The smallest absolute Gasteiger partial charge is 0.244 e. The van der Waals surface area contributed by atoms with Gasteiger partial charge in [0.2, 0.25) is 10.0 Å². The van der Waals surface area contributed by atoms with Gasteiger partial charge in [0, 0.05) is 23.4 Å². The van der Waals surface area contributed by atoms with Gasteiger partial charge in [-0.15, -0.1) is 11.6 Å². The van der Waals surface area contributed by atoms with Gasteiger partial charge in [-0.25, -0.2) is 8.42 Å². The molecule has 0 radical (unpaired) electrons. The molecule has 2 atom stereocenters. The van der Waals surface area contributed by atoms with Crippen LogP contribution in [-0.2, 0) is 20.6 Å². The summed E-state index contributed by atoms with van der Waals surface area (Å²) < 4.78 is 33.0. The van der Waals surface area contributed by atoms with E-state index in [2.05, 4.69) is 15.9 Å². The minimum atomic E-state index is -3.52. The second-order valence-electron chi connectivity index (χ2n) is 4.98. The summed E-state index contributed by atoms with van der Waals surface area (Å²) in [5.41, 5.74) is 0.876. The van der Waals surface area contributed by atoms with E-state index in [4.69, 9.17) is 16.3 Å². The Kier molecular flexibility index (Phi) is 5.13. The molecule has 0 saturated carbocycles. The fourth-order valence-electron chi connectivity index (χ4n) is 2.30. The molecule has 1 aromatic carbocycles. The number of halogens is 2. The normalized spacial score (nSPS) is 24.8. The summed E-state index contributed by atoms with van der Waals surface area (Å²) in [6, 6.07) is 5.08. The Bertz CT molecular complexity index is 583. The first kappa shape index (κ1) is 16.2. The fourth-order valence-corrected chi connectivity index (χ4v) is 5.14. The lowest BCUT2D eigenvalue weighted by atomic mass is 10.2. The van der Waals surface area contributed by atoms with Gasteiger partial charge in [0.25, 0.3) is 0 Å². The standard InChI is InChI=1S/C13H17BrClNO3S/c1-9-7-16(8-10(2)19-9)20(17,18)13-4-3-11(6-15)5-12(13)14/h3-5,9-10H,6-8H2,1-2H3/t9-,10+. The largest absolute Gasteiger partial charge is 0.373 e. The molecule has 0 bridgehead atoms. The molecular formula is C13H17BrClNO3S. The first-order valence-corrected chi connectivity index (χ1v) is 9.11. The van der Waals surface area contributed by atoms with Crippen molar-refractivity contribution in [3.05, 3.63) is 28.2 Å². The maximum absolute atomic E-state index is 12.7. The Morgan fingerprint density at radius 3 is 2.45 bits per heavy atom. The second kappa shape index (κ2) is 6.32. The van der Waals surface area contributed by atoms with Crippen LogP contribution in [0.1, 0.15) is 19.4 Å². The third-order valence-electron chi connectivity index (χ3n) is 3.15.